The molecule has 1 saturated heterocycles. The second kappa shape index (κ2) is 4.67. The van der Waals surface area contributed by atoms with E-state index >= 15 is 0 Å². The highest BCUT2D eigenvalue weighted by Crippen LogP contribution is 2.28. The molecule has 1 aliphatic rings. The molecule has 0 amide bonds. The van der Waals surface area contributed by atoms with Crippen molar-refractivity contribution < 1.29 is 9.47 Å². The minimum absolute atomic E-state index is 0.100. The number of rotatable bonds is 4. The Hall–Kier alpha value is -0.730. The molecule has 2 atom stereocenters. The molecule has 2 nitrogen and oxygen atoms in total. The Labute approximate surface area is 89.8 Å². The zero-order valence-corrected chi connectivity index (χ0v) is 9.30. The summed E-state index contributed by atoms with van der Waals surface area (Å²) in [6, 6.07) is 0. The number of hydrogen-bond donors (Lipinski definition) is 0. The minimum atomic E-state index is 0.100. The van der Waals surface area contributed by atoms with Crippen molar-refractivity contribution in [2.75, 3.05) is 7.11 Å². The molecule has 0 radical (unpaired) electrons. The largest absolute Gasteiger partial charge is 0.496 e. The second-order valence-corrected chi connectivity index (χ2v) is 3.77. The van der Waals surface area contributed by atoms with Crippen molar-refractivity contribution in [1.82, 2.24) is 0 Å². The van der Waals surface area contributed by atoms with E-state index in [-0.39, 0.29) is 6.10 Å². The van der Waals surface area contributed by atoms with Crippen molar-refractivity contribution in [3.05, 3.63) is 35.6 Å². The molecule has 78 valence electrons. The van der Waals surface area contributed by atoms with Crippen LogP contribution in [-0.4, -0.2) is 19.3 Å². The molecule has 1 fully saturated rings. The van der Waals surface area contributed by atoms with Gasteiger partial charge in [-0.25, -0.2) is 0 Å². The maximum Gasteiger partial charge on any atom is 0.130 e. The molecule has 2 unspecified atom stereocenters. The molecule has 0 aliphatic carbocycles. The Morgan fingerprint density at radius 1 is 1.57 bits per heavy atom. The third-order valence-corrected chi connectivity index (χ3v) is 2.50. The number of ether oxygens (including phenoxy) is 2. The van der Waals surface area contributed by atoms with Crippen molar-refractivity contribution in [2.45, 2.75) is 25.6 Å². The number of hydrogen-bond acceptors (Lipinski definition) is 2. The first kappa shape index (κ1) is 11.3. The van der Waals surface area contributed by atoms with E-state index in [0.29, 0.717) is 16.9 Å². The van der Waals surface area contributed by atoms with Crippen LogP contribution in [-0.2, 0) is 9.47 Å². The van der Waals surface area contributed by atoms with Crippen LogP contribution in [0.4, 0.5) is 0 Å². The van der Waals surface area contributed by atoms with Gasteiger partial charge in [0.25, 0.3) is 0 Å². The van der Waals surface area contributed by atoms with Crippen molar-refractivity contribution in [3.63, 3.8) is 0 Å². The lowest BCUT2D eigenvalue weighted by Crippen LogP contribution is -2.35. The number of methoxy groups -OCH3 is 1. The lowest BCUT2D eigenvalue weighted by Gasteiger charge is -2.34. The van der Waals surface area contributed by atoms with Crippen LogP contribution in [0, 0.1) is 0 Å². The van der Waals surface area contributed by atoms with Gasteiger partial charge in [-0.3, -0.25) is 0 Å². The molecule has 0 aromatic heterocycles. The second-order valence-electron chi connectivity index (χ2n) is 3.37. The molecule has 0 aromatic rings. The van der Waals surface area contributed by atoms with Crippen LogP contribution in [0.25, 0.3) is 0 Å². The van der Waals surface area contributed by atoms with E-state index in [1.165, 1.54) is 7.11 Å². The van der Waals surface area contributed by atoms with E-state index in [1.807, 2.05) is 6.92 Å². The van der Waals surface area contributed by atoms with Gasteiger partial charge in [0, 0.05) is 6.42 Å². The zero-order chi connectivity index (χ0) is 10.7. The van der Waals surface area contributed by atoms with Crippen LogP contribution in [0.3, 0.4) is 0 Å². The van der Waals surface area contributed by atoms with Crippen molar-refractivity contribution >= 4 is 11.6 Å². The first-order valence-electron chi connectivity index (χ1n) is 4.49. The Morgan fingerprint density at radius 2 is 2.14 bits per heavy atom. The van der Waals surface area contributed by atoms with Gasteiger partial charge in [0.05, 0.1) is 24.4 Å². The molecule has 1 heterocycles. The van der Waals surface area contributed by atoms with Crippen LogP contribution in [0.15, 0.2) is 35.6 Å². The molecule has 3 heteroatoms. The highest BCUT2D eigenvalue weighted by atomic mass is 35.5. The van der Waals surface area contributed by atoms with Gasteiger partial charge < -0.3 is 9.47 Å². The number of halogens is 1. The first-order valence-corrected chi connectivity index (χ1v) is 4.87. The smallest absolute Gasteiger partial charge is 0.130 e. The molecule has 1 rings (SSSR count). The van der Waals surface area contributed by atoms with Gasteiger partial charge in [-0.05, 0) is 18.6 Å². The Balaban J connectivity index is 2.50. The summed E-state index contributed by atoms with van der Waals surface area (Å²) in [6.45, 7) is 9.56. The van der Waals surface area contributed by atoms with Crippen molar-refractivity contribution in [1.29, 1.82) is 0 Å². The normalized spacial score (nSPS) is 26.6. The summed E-state index contributed by atoms with van der Waals surface area (Å²) < 4.78 is 10.3. The summed E-state index contributed by atoms with van der Waals surface area (Å²) >= 11 is 5.91. The minimum Gasteiger partial charge on any atom is -0.496 e. The fraction of sp³-hybridized carbons (Fsp3) is 0.455. The van der Waals surface area contributed by atoms with E-state index in [9.17, 15) is 0 Å². The monoisotopic (exact) mass is 214 g/mol. The van der Waals surface area contributed by atoms with Crippen LogP contribution in [0.5, 0.6) is 0 Å². The van der Waals surface area contributed by atoms with E-state index in [2.05, 4.69) is 13.2 Å². The Bertz CT molecular complexity index is 275. The SMILES string of the molecule is C=C(OC)/C(Cl)=C\C(=C)C1CC(C)O1. The molecular formula is C11H15ClO2. The quantitative estimate of drug-likeness (QED) is 0.529. The maximum atomic E-state index is 5.91. The van der Waals surface area contributed by atoms with Gasteiger partial charge in [0.1, 0.15) is 5.76 Å². The van der Waals surface area contributed by atoms with Crippen LogP contribution in [0.1, 0.15) is 13.3 Å². The van der Waals surface area contributed by atoms with Crippen molar-refractivity contribution in [2.24, 2.45) is 0 Å². The molecule has 0 N–H and O–H groups in total. The molecular weight excluding hydrogens is 200 g/mol. The highest BCUT2D eigenvalue weighted by Gasteiger charge is 2.27. The lowest BCUT2D eigenvalue weighted by atomic mass is 9.99. The molecule has 14 heavy (non-hydrogen) atoms. The molecule has 1 aliphatic heterocycles. The topological polar surface area (TPSA) is 18.5 Å². The van der Waals surface area contributed by atoms with Gasteiger partial charge in [0.15, 0.2) is 0 Å². The molecule has 0 aromatic carbocycles. The summed E-state index contributed by atoms with van der Waals surface area (Å²) in [7, 11) is 1.53. The summed E-state index contributed by atoms with van der Waals surface area (Å²) in [5.41, 5.74) is 0.867. The predicted molar refractivity (Wildman–Crippen MR) is 58.2 cm³/mol. The molecule has 0 spiro atoms. The standard InChI is InChI=1S/C11H15ClO2/c1-7(11-6-8(2)14-11)5-10(12)9(3)13-4/h5,8,11H,1,3,6H2,2,4H3/b10-5+. The van der Waals surface area contributed by atoms with Gasteiger partial charge >= 0.3 is 0 Å². The summed E-state index contributed by atoms with van der Waals surface area (Å²) in [4.78, 5) is 0. The van der Waals surface area contributed by atoms with Crippen LogP contribution >= 0.6 is 11.6 Å². The van der Waals surface area contributed by atoms with Crippen molar-refractivity contribution in [3.8, 4) is 0 Å². The third kappa shape index (κ3) is 2.63. The van der Waals surface area contributed by atoms with E-state index < -0.39 is 0 Å². The third-order valence-electron chi connectivity index (χ3n) is 2.18. The number of allylic oxidation sites excluding steroid dienone is 1. The summed E-state index contributed by atoms with van der Waals surface area (Å²) in [6.07, 6.45) is 3.17. The summed E-state index contributed by atoms with van der Waals surface area (Å²) in [5.74, 6) is 0.445. The van der Waals surface area contributed by atoms with Gasteiger partial charge in [-0.2, -0.15) is 0 Å². The first-order chi connectivity index (χ1) is 6.54. The van der Waals surface area contributed by atoms with Crippen LogP contribution < -0.4 is 0 Å². The average molecular weight is 215 g/mol. The van der Waals surface area contributed by atoms with Gasteiger partial charge in [-0.1, -0.05) is 24.8 Å². The summed E-state index contributed by atoms with van der Waals surface area (Å²) in [5, 5.41) is 0.473. The Morgan fingerprint density at radius 3 is 2.57 bits per heavy atom. The van der Waals surface area contributed by atoms with E-state index in [1.54, 1.807) is 6.08 Å². The fourth-order valence-electron chi connectivity index (χ4n) is 1.24. The van der Waals surface area contributed by atoms with E-state index in [0.717, 1.165) is 12.0 Å². The van der Waals surface area contributed by atoms with E-state index in [4.69, 9.17) is 21.1 Å². The average Bonchev–Trinajstić information content (AvgIpc) is 2.11. The molecule has 0 bridgehead atoms. The lowest BCUT2D eigenvalue weighted by molar-refractivity contribution is -0.0900. The van der Waals surface area contributed by atoms with Gasteiger partial charge in [0.2, 0.25) is 0 Å². The molecule has 0 saturated carbocycles. The van der Waals surface area contributed by atoms with Gasteiger partial charge in [-0.15, -0.1) is 0 Å². The predicted octanol–water partition coefficient (Wildman–Crippen LogP) is 3.00. The van der Waals surface area contributed by atoms with Crippen LogP contribution in [0.2, 0.25) is 0 Å². The Kier molecular flexibility index (Phi) is 3.78. The fourth-order valence-corrected chi connectivity index (χ4v) is 1.46. The zero-order valence-electron chi connectivity index (χ0n) is 8.55. The maximum absolute atomic E-state index is 5.91. The highest BCUT2D eigenvalue weighted by molar-refractivity contribution is 6.31.